The molecule has 1 nitrogen and oxygen atoms in total. The zero-order valence-corrected chi connectivity index (χ0v) is 31.0. The lowest BCUT2D eigenvalue weighted by Crippen LogP contribution is -1.92. The van der Waals surface area contributed by atoms with Crippen molar-refractivity contribution < 1.29 is 0 Å². The van der Waals surface area contributed by atoms with Gasteiger partial charge in [-0.15, -0.1) is 0 Å². The summed E-state index contributed by atoms with van der Waals surface area (Å²) in [6, 6.07) is 63.1. The van der Waals surface area contributed by atoms with E-state index in [0.29, 0.717) is 5.56 Å². The van der Waals surface area contributed by atoms with Crippen molar-refractivity contribution >= 4 is 86.2 Å². The summed E-state index contributed by atoms with van der Waals surface area (Å²) in [5.41, 5.74) is 10.4. The van der Waals surface area contributed by atoms with Gasteiger partial charge in [0.15, 0.2) is 0 Å². The molecule has 0 spiro atoms. The first-order chi connectivity index (χ1) is 27.6. The van der Waals surface area contributed by atoms with Crippen molar-refractivity contribution in [2.75, 3.05) is 0 Å². The molecule has 0 radical (unpaired) electrons. The van der Waals surface area contributed by atoms with E-state index in [1.807, 2.05) is 12.1 Å². The highest BCUT2D eigenvalue weighted by molar-refractivity contribution is 6.43. The number of aryl methyl sites for hydroxylation is 2. The van der Waals surface area contributed by atoms with Gasteiger partial charge < -0.3 is 0 Å². The normalized spacial score (nSPS) is 12.1. The molecule has 0 fully saturated rings. The molecular weight excluding hydrogens is 675 g/mol. The minimum absolute atomic E-state index is 0.702. The molecule has 12 aromatic rings. The Morgan fingerprint density at radius 2 is 0.839 bits per heavy atom. The van der Waals surface area contributed by atoms with Gasteiger partial charge in [0.2, 0.25) is 0 Å². The minimum atomic E-state index is 0.702. The third-order valence-corrected chi connectivity index (χ3v) is 12.5. The van der Waals surface area contributed by atoms with Crippen LogP contribution in [0.25, 0.3) is 120 Å². The van der Waals surface area contributed by atoms with Crippen molar-refractivity contribution in [3.63, 3.8) is 0 Å². The minimum Gasteiger partial charge on any atom is -0.192 e. The molecule has 1 heteroatoms. The lowest BCUT2D eigenvalue weighted by Gasteiger charge is -2.17. The Morgan fingerprint density at radius 3 is 1.48 bits per heavy atom. The smallest absolute Gasteiger partial charge is 0.0991 e. The summed E-state index contributed by atoms with van der Waals surface area (Å²) in [6.07, 6.45) is 0. The third-order valence-electron chi connectivity index (χ3n) is 12.5. The first-order valence-electron chi connectivity index (χ1n) is 19.4. The monoisotopic (exact) mass is 707 g/mol. The SMILES string of the molecule is Cc1cc(C#N)cc(C)c1-c1ccc2c3c(-c4ccccc4)c4cc5c(cc4c(-c4ccccc4)c3c3cccc1c32)c1cccc2c3ccccc3cc5c21. The molecule has 12 rings (SSSR count). The first kappa shape index (κ1) is 31.1. The predicted molar refractivity (Wildman–Crippen MR) is 239 cm³/mol. The molecule has 0 aromatic heterocycles. The molecule has 0 aliphatic heterocycles. The van der Waals surface area contributed by atoms with Crippen molar-refractivity contribution in [3.8, 4) is 39.4 Å². The molecule has 0 aliphatic rings. The molecule has 56 heavy (non-hydrogen) atoms. The fraction of sp³-hybridized carbons (Fsp3) is 0.0364. The summed E-state index contributed by atoms with van der Waals surface area (Å²) >= 11 is 0. The van der Waals surface area contributed by atoms with Crippen LogP contribution < -0.4 is 0 Å². The maximum absolute atomic E-state index is 9.75. The van der Waals surface area contributed by atoms with Crippen LogP contribution in [0.3, 0.4) is 0 Å². The highest BCUT2D eigenvalue weighted by atomic mass is 14.3. The molecule has 0 saturated heterocycles. The topological polar surface area (TPSA) is 23.8 Å². The summed E-state index contributed by atoms with van der Waals surface area (Å²) in [6.45, 7) is 4.27. The number of rotatable bonds is 3. The fourth-order valence-electron chi connectivity index (χ4n) is 10.4. The van der Waals surface area contributed by atoms with Crippen molar-refractivity contribution in [2.24, 2.45) is 0 Å². The molecule has 0 atom stereocenters. The standard InChI is InChI=1S/C55H33N/c1-31-25-33(30-56)26-32(2)49(31)41-23-24-43-53-39(41)20-12-22-42(53)54-50(34-13-5-3-6-14-34)47-28-44-40-21-11-19-38-37-18-10-9-17-36(37)27-46(52(38)40)45(44)29-48(47)51(55(43)54)35-15-7-4-8-16-35/h3-29H,1-2H3. The van der Waals surface area contributed by atoms with E-state index >= 15 is 0 Å². The summed E-state index contributed by atoms with van der Waals surface area (Å²) < 4.78 is 0. The van der Waals surface area contributed by atoms with Gasteiger partial charge in [-0.05, 0) is 175 Å². The lowest BCUT2D eigenvalue weighted by atomic mass is 9.85. The second-order valence-electron chi connectivity index (χ2n) is 15.5. The second kappa shape index (κ2) is 11.4. The van der Waals surface area contributed by atoms with Crippen LogP contribution in [0.5, 0.6) is 0 Å². The molecule has 0 aliphatic carbocycles. The van der Waals surface area contributed by atoms with Crippen LogP contribution in [0.2, 0.25) is 0 Å². The van der Waals surface area contributed by atoms with Gasteiger partial charge in [-0.2, -0.15) is 5.26 Å². The Kier molecular flexibility index (Phi) is 6.32. The predicted octanol–water partition coefficient (Wildman–Crippen LogP) is 15.3. The number of benzene rings is 10. The summed E-state index contributed by atoms with van der Waals surface area (Å²) in [5, 5.41) is 30.4. The van der Waals surface area contributed by atoms with E-state index in [1.165, 1.54) is 120 Å². The van der Waals surface area contributed by atoms with E-state index in [2.05, 4.69) is 172 Å². The summed E-state index contributed by atoms with van der Waals surface area (Å²) in [5.74, 6) is 0. The van der Waals surface area contributed by atoms with Crippen LogP contribution in [0.4, 0.5) is 0 Å². The van der Waals surface area contributed by atoms with Crippen molar-refractivity contribution in [3.05, 3.63) is 180 Å². The summed E-state index contributed by atoms with van der Waals surface area (Å²) in [4.78, 5) is 0. The molecule has 0 N–H and O–H groups in total. The van der Waals surface area contributed by atoms with E-state index < -0.39 is 0 Å². The quantitative estimate of drug-likeness (QED) is 0.168. The van der Waals surface area contributed by atoms with Crippen LogP contribution >= 0.6 is 0 Å². The molecule has 258 valence electrons. The fourth-order valence-corrected chi connectivity index (χ4v) is 10.4. The average Bonchev–Trinajstić information content (AvgIpc) is 3.73. The Balaban J connectivity index is 1.33. The molecule has 0 saturated carbocycles. The third kappa shape index (κ3) is 4.08. The zero-order valence-electron chi connectivity index (χ0n) is 31.0. The molecule has 0 unspecified atom stereocenters. The van der Waals surface area contributed by atoms with E-state index in [0.717, 1.165) is 11.1 Å². The van der Waals surface area contributed by atoms with Gasteiger partial charge in [-0.1, -0.05) is 133 Å². The Labute approximate surface area is 324 Å². The van der Waals surface area contributed by atoms with Gasteiger partial charge in [-0.25, -0.2) is 0 Å². The van der Waals surface area contributed by atoms with E-state index in [4.69, 9.17) is 0 Å². The number of hydrogen-bond acceptors (Lipinski definition) is 1. The maximum Gasteiger partial charge on any atom is 0.0991 e. The van der Waals surface area contributed by atoms with Crippen LogP contribution in [-0.4, -0.2) is 0 Å². The molecule has 0 amide bonds. The largest absolute Gasteiger partial charge is 0.192 e. The van der Waals surface area contributed by atoms with Gasteiger partial charge in [0.05, 0.1) is 11.6 Å². The van der Waals surface area contributed by atoms with Crippen LogP contribution in [0.1, 0.15) is 16.7 Å². The van der Waals surface area contributed by atoms with E-state index in [-0.39, 0.29) is 0 Å². The molecule has 0 bridgehead atoms. The number of hydrogen-bond donors (Lipinski definition) is 0. The van der Waals surface area contributed by atoms with E-state index in [9.17, 15) is 5.26 Å². The second-order valence-corrected chi connectivity index (χ2v) is 15.5. The molecule has 12 aromatic carbocycles. The Hall–Kier alpha value is -7.27. The summed E-state index contributed by atoms with van der Waals surface area (Å²) in [7, 11) is 0. The first-order valence-corrected chi connectivity index (χ1v) is 19.4. The highest BCUT2D eigenvalue weighted by Gasteiger charge is 2.26. The van der Waals surface area contributed by atoms with Crippen LogP contribution in [0, 0.1) is 25.2 Å². The Bertz CT molecular complexity index is 3620. The molecule has 0 heterocycles. The van der Waals surface area contributed by atoms with Gasteiger partial charge in [0, 0.05) is 0 Å². The number of fused-ring (bicyclic) bond motifs is 9. The van der Waals surface area contributed by atoms with E-state index in [1.54, 1.807) is 0 Å². The number of nitriles is 1. The van der Waals surface area contributed by atoms with Gasteiger partial charge in [0.25, 0.3) is 0 Å². The van der Waals surface area contributed by atoms with Crippen LogP contribution in [-0.2, 0) is 0 Å². The van der Waals surface area contributed by atoms with Gasteiger partial charge in [-0.3, -0.25) is 0 Å². The average molecular weight is 708 g/mol. The van der Waals surface area contributed by atoms with Gasteiger partial charge >= 0.3 is 0 Å². The molecular formula is C55H33N. The Morgan fingerprint density at radius 1 is 0.339 bits per heavy atom. The zero-order chi connectivity index (χ0) is 37.2. The van der Waals surface area contributed by atoms with Crippen molar-refractivity contribution in [2.45, 2.75) is 13.8 Å². The number of nitrogens with zero attached hydrogens (tertiary/aromatic N) is 1. The maximum atomic E-state index is 9.75. The van der Waals surface area contributed by atoms with Crippen molar-refractivity contribution in [1.82, 2.24) is 0 Å². The lowest BCUT2D eigenvalue weighted by molar-refractivity contribution is 1.36. The highest BCUT2D eigenvalue weighted by Crippen LogP contribution is 2.54. The van der Waals surface area contributed by atoms with Crippen LogP contribution in [0.15, 0.2) is 164 Å². The van der Waals surface area contributed by atoms with Crippen molar-refractivity contribution in [1.29, 1.82) is 5.26 Å². The van der Waals surface area contributed by atoms with Gasteiger partial charge in [0.1, 0.15) is 0 Å².